The first-order chi connectivity index (χ1) is 3.42. The molecule has 0 saturated carbocycles. The van der Waals surface area contributed by atoms with Crippen LogP contribution in [0.2, 0.25) is 0 Å². The maximum atomic E-state index is 2.27. The second-order valence-corrected chi connectivity index (χ2v) is 3.59. The lowest BCUT2D eigenvalue weighted by atomic mass is 9.94. The number of allylic oxidation sites excluding steroid dienone is 2. The molecule has 0 aliphatic heterocycles. The SMILES string of the molecule is CC(C)=CC(C)(C)C. The fourth-order valence-electron chi connectivity index (χ4n) is 0.866. The van der Waals surface area contributed by atoms with E-state index in [9.17, 15) is 0 Å². The fraction of sp³-hybridized carbons (Fsp3) is 0.750. The first-order valence-electron chi connectivity index (χ1n) is 3.08. The quantitative estimate of drug-likeness (QED) is 0.422. The Bertz CT molecular complexity index is 87.1. The summed E-state index contributed by atoms with van der Waals surface area (Å²) in [6, 6.07) is 0. The Balaban J connectivity index is 3.89. The van der Waals surface area contributed by atoms with Crippen LogP contribution in [0.5, 0.6) is 0 Å². The Morgan fingerprint density at radius 2 is 1.50 bits per heavy atom. The maximum absolute atomic E-state index is 2.27. The molecule has 48 valence electrons. The minimum absolute atomic E-state index is 0.360. The smallest absolute Gasteiger partial charge is 0.0201 e. The molecule has 0 aromatic carbocycles. The molecule has 8 heavy (non-hydrogen) atoms. The predicted octanol–water partition coefficient (Wildman–Crippen LogP) is 3.00. The minimum atomic E-state index is 0.360. The molecule has 0 spiro atoms. The van der Waals surface area contributed by atoms with Crippen molar-refractivity contribution in [3.8, 4) is 0 Å². The van der Waals surface area contributed by atoms with Crippen LogP contribution in [0.3, 0.4) is 0 Å². The molecule has 0 heteroatoms. The van der Waals surface area contributed by atoms with Crippen molar-refractivity contribution in [2.75, 3.05) is 0 Å². The molecule has 0 N–H and O–H groups in total. The topological polar surface area (TPSA) is 0 Å². The zero-order valence-electron chi connectivity index (χ0n) is 6.58. The average molecular weight is 112 g/mol. The van der Waals surface area contributed by atoms with Crippen LogP contribution in [-0.4, -0.2) is 0 Å². The van der Waals surface area contributed by atoms with E-state index in [-0.39, 0.29) is 0 Å². The van der Waals surface area contributed by atoms with Crippen LogP contribution in [0.1, 0.15) is 34.6 Å². The third-order valence-corrected chi connectivity index (χ3v) is 0.722. The summed E-state index contributed by atoms with van der Waals surface area (Å²) in [5.74, 6) is 0. The van der Waals surface area contributed by atoms with Gasteiger partial charge in [0.05, 0.1) is 0 Å². The second-order valence-electron chi connectivity index (χ2n) is 3.59. The van der Waals surface area contributed by atoms with Crippen LogP contribution in [0.4, 0.5) is 0 Å². The van der Waals surface area contributed by atoms with Gasteiger partial charge in [-0.05, 0) is 19.3 Å². The molecule has 0 rings (SSSR count). The van der Waals surface area contributed by atoms with Crippen LogP contribution in [0, 0.1) is 5.41 Å². The highest BCUT2D eigenvalue weighted by Crippen LogP contribution is 2.16. The summed E-state index contributed by atoms with van der Waals surface area (Å²) >= 11 is 0. The monoisotopic (exact) mass is 112 g/mol. The summed E-state index contributed by atoms with van der Waals surface area (Å²) in [6.07, 6.45) is 2.27. The van der Waals surface area contributed by atoms with Crippen molar-refractivity contribution >= 4 is 0 Å². The van der Waals surface area contributed by atoms with Crippen molar-refractivity contribution in [3.63, 3.8) is 0 Å². The van der Waals surface area contributed by atoms with Gasteiger partial charge in [-0.25, -0.2) is 0 Å². The molecule has 0 atom stereocenters. The van der Waals surface area contributed by atoms with E-state index >= 15 is 0 Å². The predicted molar refractivity (Wildman–Crippen MR) is 38.9 cm³/mol. The molecule has 0 nitrogen and oxygen atoms in total. The lowest BCUT2D eigenvalue weighted by Crippen LogP contribution is -1.99. The largest absolute Gasteiger partial charge is 0.0805 e. The summed E-state index contributed by atoms with van der Waals surface area (Å²) in [4.78, 5) is 0. The van der Waals surface area contributed by atoms with Gasteiger partial charge in [-0.1, -0.05) is 32.4 Å². The molecule has 0 amide bonds. The third-order valence-electron chi connectivity index (χ3n) is 0.722. The van der Waals surface area contributed by atoms with Crippen LogP contribution in [0.25, 0.3) is 0 Å². The highest BCUT2D eigenvalue weighted by Gasteiger charge is 2.03. The molecule has 0 aliphatic rings. The number of hydrogen-bond donors (Lipinski definition) is 0. The lowest BCUT2D eigenvalue weighted by Gasteiger charge is -2.11. The van der Waals surface area contributed by atoms with Gasteiger partial charge in [-0.3, -0.25) is 0 Å². The van der Waals surface area contributed by atoms with Crippen LogP contribution in [-0.2, 0) is 0 Å². The summed E-state index contributed by atoms with van der Waals surface area (Å²) < 4.78 is 0. The van der Waals surface area contributed by atoms with Crippen LogP contribution in [0.15, 0.2) is 11.6 Å². The summed E-state index contributed by atoms with van der Waals surface area (Å²) in [5, 5.41) is 0. The van der Waals surface area contributed by atoms with E-state index in [0.717, 1.165) is 0 Å². The molecular weight excluding hydrogens is 96.1 g/mol. The third kappa shape index (κ3) is 5.74. The van der Waals surface area contributed by atoms with Crippen molar-refractivity contribution < 1.29 is 0 Å². The van der Waals surface area contributed by atoms with E-state index in [4.69, 9.17) is 0 Å². The highest BCUT2D eigenvalue weighted by atomic mass is 14.1. The molecule has 0 bridgehead atoms. The standard InChI is InChI=1S/C8H16/c1-7(2)6-8(3,4)5/h6H,1-5H3. The maximum Gasteiger partial charge on any atom is -0.0201 e. The zero-order chi connectivity index (χ0) is 6.78. The fourth-order valence-corrected chi connectivity index (χ4v) is 0.866. The lowest BCUT2D eigenvalue weighted by molar-refractivity contribution is 0.540. The molecule has 0 radical (unpaired) electrons. The van der Waals surface area contributed by atoms with Gasteiger partial charge < -0.3 is 0 Å². The van der Waals surface area contributed by atoms with Crippen molar-refractivity contribution in [3.05, 3.63) is 11.6 Å². The van der Waals surface area contributed by atoms with Gasteiger partial charge in [0.1, 0.15) is 0 Å². The van der Waals surface area contributed by atoms with Gasteiger partial charge in [0, 0.05) is 0 Å². The van der Waals surface area contributed by atoms with E-state index in [2.05, 4.69) is 40.7 Å². The highest BCUT2D eigenvalue weighted by molar-refractivity contribution is 5.00. The minimum Gasteiger partial charge on any atom is -0.0805 e. The van der Waals surface area contributed by atoms with Gasteiger partial charge in [0.15, 0.2) is 0 Å². The van der Waals surface area contributed by atoms with E-state index in [1.54, 1.807) is 0 Å². The van der Waals surface area contributed by atoms with Crippen LogP contribution >= 0.6 is 0 Å². The van der Waals surface area contributed by atoms with Gasteiger partial charge in [-0.2, -0.15) is 0 Å². The van der Waals surface area contributed by atoms with E-state index in [1.807, 2.05) is 0 Å². The number of hydrogen-bond acceptors (Lipinski definition) is 0. The molecule has 0 fully saturated rings. The Hall–Kier alpha value is -0.260. The van der Waals surface area contributed by atoms with Crippen molar-refractivity contribution in [1.82, 2.24) is 0 Å². The summed E-state index contributed by atoms with van der Waals surface area (Å²) in [5.41, 5.74) is 1.76. The molecule has 0 heterocycles. The van der Waals surface area contributed by atoms with E-state index in [1.165, 1.54) is 5.57 Å². The Labute approximate surface area is 52.6 Å². The zero-order valence-corrected chi connectivity index (χ0v) is 6.58. The Morgan fingerprint density at radius 1 is 1.12 bits per heavy atom. The van der Waals surface area contributed by atoms with E-state index in [0.29, 0.717) is 5.41 Å². The molecular formula is C8H16. The molecule has 0 aromatic rings. The van der Waals surface area contributed by atoms with Crippen molar-refractivity contribution in [2.24, 2.45) is 5.41 Å². The number of rotatable bonds is 0. The molecule has 0 unspecified atom stereocenters. The van der Waals surface area contributed by atoms with Crippen molar-refractivity contribution in [2.45, 2.75) is 34.6 Å². The summed E-state index contributed by atoms with van der Waals surface area (Å²) in [6.45, 7) is 10.9. The summed E-state index contributed by atoms with van der Waals surface area (Å²) in [7, 11) is 0. The van der Waals surface area contributed by atoms with Gasteiger partial charge in [0.25, 0.3) is 0 Å². The molecule has 0 aromatic heterocycles. The first-order valence-corrected chi connectivity index (χ1v) is 3.08. The first kappa shape index (κ1) is 7.74. The van der Waals surface area contributed by atoms with Gasteiger partial charge >= 0.3 is 0 Å². The van der Waals surface area contributed by atoms with Crippen molar-refractivity contribution in [1.29, 1.82) is 0 Å². The molecule has 0 saturated heterocycles. The van der Waals surface area contributed by atoms with Gasteiger partial charge in [-0.15, -0.1) is 0 Å². The van der Waals surface area contributed by atoms with Gasteiger partial charge in [0.2, 0.25) is 0 Å². The Kier molecular flexibility index (Phi) is 2.26. The molecule has 0 aliphatic carbocycles. The average Bonchev–Trinajstić information content (AvgIpc) is 1.21. The second kappa shape index (κ2) is 2.34. The van der Waals surface area contributed by atoms with E-state index < -0.39 is 0 Å². The normalized spacial score (nSPS) is 11.1. The Morgan fingerprint density at radius 3 is 1.50 bits per heavy atom. The van der Waals surface area contributed by atoms with Crippen LogP contribution < -0.4 is 0 Å².